The average Bonchev–Trinajstić information content (AvgIpc) is 2.41. The summed E-state index contributed by atoms with van der Waals surface area (Å²) in [4.78, 5) is 29.5. The zero-order valence-electron chi connectivity index (χ0n) is 10.7. The lowest BCUT2D eigenvalue weighted by molar-refractivity contribution is -0.713. The number of hydrogen-bond donors (Lipinski definition) is 0. The summed E-state index contributed by atoms with van der Waals surface area (Å²) < 4.78 is 0. The van der Waals surface area contributed by atoms with Crippen molar-refractivity contribution in [3.8, 4) is 11.5 Å². The fraction of sp³-hybridized carbons (Fsp3) is 0.0769. The Labute approximate surface area is 118 Å². The lowest BCUT2D eigenvalue weighted by Gasteiger charge is -2.09. The summed E-state index contributed by atoms with van der Waals surface area (Å²) in [5.74, 6) is -0.239. The van der Waals surface area contributed by atoms with Crippen LogP contribution >= 0.6 is 0 Å². The normalized spacial score (nSPS) is 9.90. The zero-order valence-corrected chi connectivity index (χ0v) is 10.7. The van der Waals surface area contributed by atoms with Crippen LogP contribution in [-0.4, -0.2) is 10.2 Å². The molecule has 0 spiro atoms. The summed E-state index contributed by atoms with van der Waals surface area (Å²) in [6.07, 6.45) is 0.392. The van der Waals surface area contributed by atoms with Gasteiger partial charge in [0.05, 0.1) is 0 Å². The molecule has 0 aliphatic carbocycles. The fourth-order valence-corrected chi connectivity index (χ4v) is 1.80. The number of hydrogen-bond acceptors (Lipinski definition) is 6. The van der Waals surface area contributed by atoms with Crippen molar-refractivity contribution in [2.45, 2.75) is 6.42 Å². The molecule has 0 heterocycles. The molecule has 21 heavy (non-hydrogen) atoms. The lowest BCUT2D eigenvalue weighted by Crippen LogP contribution is -2.08. The van der Waals surface area contributed by atoms with Crippen LogP contribution in [-0.2, 0) is 6.42 Å². The minimum atomic E-state index is -0.998. The van der Waals surface area contributed by atoms with Gasteiger partial charge in [0, 0.05) is 0 Å². The Morgan fingerprint density at radius 3 is 2.19 bits per heavy atom. The van der Waals surface area contributed by atoms with Crippen LogP contribution in [0.1, 0.15) is 11.1 Å². The standard InChI is InChI=1S/C13H10N2O6/c16-14(17)20-12-7-6-11(13(9-12)21-15(18)19)8-10-4-2-1-3-5-10/h1-7,9H,8H2. The van der Waals surface area contributed by atoms with Crippen molar-refractivity contribution < 1.29 is 19.8 Å². The van der Waals surface area contributed by atoms with Crippen molar-refractivity contribution in [3.05, 3.63) is 79.9 Å². The van der Waals surface area contributed by atoms with Crippen LogP contribution in [0.3, 0.4) is 0 Å². The lowest BCUT2D eigenvalue weighted by atomic mass is 10.0. The Bertz CT molecular complexity index is 659. The quantitative estimate of drug-likeness (QED) is 0.597. The SMILES string of the molecule is O=[N+]([O-])Oc1ccc(Cc2ccccc2)c(O[N+](=O)[O-])c1. The number of rotatable bonds is 6. The van der Waals surface area contributed by atoms with Crippen LogP contribution < -0.4 is 9.68 Å². The second-order valence-electron chi connectivity index (χ2n) is 4.06. The van der Waals surface area contributed by atoms with Crippen molar-refractivity contribution in [1.29, 1.82) is 0 Å². The van der Waals surface area contributed by atoms with Crippen LogP contribution in [0.25, 0.3) is 0 Å². The molecule has 2 aromatic rings. The molecule has 0 saturated heterocycles. The highest BCUT2D eigenvalue weighted by Crippen LogP contribution is 2.27. The van der Waals surface area contributed by atoms with Crippen LogP contribution in [0.15, 0.2) is 48.5 Å². The van der Waals surface area contributed by atoms with E-state index < -0.39 is 10.2 Å². The van der Waals surface area contributed by atoms with Crippen molar-refractivity contribution >= 4 is 0 Å². The third kappa shape index (κ3) is 4.16. The molecule has 0 bridgehead atoms. The summed E-state index contributed by atoms with van der Waals surface area (Å²) in [6.45, 7) is 0. The van der Waals surface area contributed by atoms with Gasteiger partial charge >= 0.3 is 0 Å². The maximum atomic E-state index is 10.5. The maximum absolute atomic E-state index is 10.5. The molecule has 0 aliphatic rings. The summed E-state index contributed by atoms with van der Waals surface area (Å²) in [5, 5.41) is 18.8. The second kappa shape index (κ2) is 6.33. The predicted molar refractivity (Wildman–Crippen MR) is 70.9 cm³/mol. The highest BCUT2D eigenvalue weighted by molar-refractivity contribution is 5.42. The highest BCUT2D eigenvalue weighted by atomic mass is 17.0. The molecule has 0 N–H and O–H groups in total. The van der Waals surface area contributed by atoms with E-state index >= 15 is 0 Å². The molecule has 0 amide bonds. The average molecular weight is 290 g/mol. The Hall–Kier alpha value is -3.16. The van der Waals surface area contributed by atoms with Crippen molar-refractivity contribution in [2.75, 3.05) is 0 Å². The first-order valence-electron chi connectivity index (χ1n) is 5.86. The maximum Gasteiger partial charge on any atom is 0.299 e. The van der Waals surface area contributed by atoms with Gasteiger partial charge in [0.1, 0.15) is 11.5 Å². The molecule has 0 unspecified atom stereocenters. The summed E-state index contributed by atoms with van der Waals surface area (Å²) in [6, 6.07) is 13.2. The molecule has 0 radical (unpaired) electrons. The Morgan fingerprint density at radius 1 is 0.905 bits per heavy atom. The van der Waals surface area contributed by atoms with E-state index in [2.05, 4.69) is 9.68 Å². The minimum absolute atomic E-state index is 0.0943. The van der Waals surface area contributed by atoms with E-state index in [1.165, 1.54) is 12.1 Å². The number of nitrogens with zero attached hydrogens (tertiary/aromatic N) is 2. The summed E-state index contributed by atoms with van der Waals surface area (Å²) in [5.41, 5.74) is 1.45. The Kier molecular flexibility index (Phi) is 4.30. The van der Waals surface area contributed by atoms with E-state index in [4.69, 9.17) is 0 Å². The summed E-state index contributed by atoms with van der Waals surface area (Å²) in [7, 11) is 0. The monoisotopic (exact) mass is 290 g/mol. The molecule has 0 aliphatic heterocycles. The second-order valence-corrected chi connectivity index (χ2v) is 4.06. The van der Waals surface area contributed by atoms with Crippen molar-refractivity contribution in [2.24, 2.45) is 0 Å². The molecule has 8 nitrogen and oxygen atoms in total. The zero-order chi connectivity index (χ0) is 15.2. The Balaban J connectivity index is 2.30. The predicted octanol–water partition coefficient (Wildman–Crippen LogP) is 2.42. The van der Waals surface area contributed by atoms with Gasteiger partial charge in [0.25, 0.3) is 10.2 Å². The molecule has 8 heteroatoms. The molecule has 0 aromatic heterocycles. The molecular weight excluding hydrogens is 280 g/mol. The van der Waals surface area contributed by atoms with E-state index in [9.17, 15) is 20.2 Å². The molecule has 0 saturated carbocycles. The third-order valence-electron chi connectivity index (χ3n) is 2.63. The smallest absolute Gasteiger partial charge is 0.276 e. The topological polar surface area (TPSA) is 105 Å². The third-order valence-corrected chi connectivity index (χ3v) is 2.63. The minimum Gasteiger partial charge on any atom is -0.276 e. The first-order valence-corrected chi connectivity index (χ1v) is 5.86. The van der Waals surface area contributed by atoms with Gasteiger partial charge in [-0.05, 0) is 29.7 Å². The van der Waals surface area contributed by atoms with E-state index in [0.29, 0.717) is 12.0 Å². The van der Waals surface area contributed by atoms with E-state index in [1.807, 2.05) is 30.3 Å². The van der Waals surface area contributed by atoms with Gasteiger partial charge in [-0.1, -0.05) is 36.4 Å². The van der Waals surface area contributed by atoms with Gasteiger partial charge in [0.2, 0.25) is 0 Å². The van der Waals surface area contributed by atoms with Gasteiger partial charge in [0.15, 0.2) is 0 Å². The van der Waals surface area contributed by atoms with Gasteiger partial charge in [-0.2, -0.15) is 0 Å². The molecule has 108 valence electrons. The molecule has 2 rings (SSSR count). The van der Waals surface area contributed by atoms with Crippen molar-refractivity contribution in [3.63, 3.8) is 0 Å². The van der Waals surface area contributed by atoms with Crippen LogP contribution in [0.5, 0.6) is 11.5 Å². The van der Waals surface area contributed by atoms with E-state index in [-0.39, 0.29) is 11.5 Å². The van der Waals surface area contributed by atoms with Crippen LogP contribution in [0.4, 0.5) is 0 Å². The number of benzene rings is 2. The van der Waals surface area contributed by atoms with Crippen LogP contribution in [0, 0.1) is 20.2 Å². The molecule has 0 atom stereocenters. The van der Waals surface area contributed by atoms with E-state index in [0.717, 1.165) is 11.6 Å². The summed E-state index contributed by atoms with van der Waals surface area (Å²) >= 11 is 0. The highest BCUT2D eigenvalue weighted by Gasteiger charge is 2.11. The van der Waals surface area contributed by atoms with Gasteiger partial charge < -0.3 is 0 Å². The Morgan fingerprint density at radius 2 is 1.57 bits per heavy atom. The van der Waals surface area contributed by atoms with Gasteiger partial charge in [-0.3, -0.25) is 9.68 Å². The van der Waals surface area contributed by atoms with Gasteiger partial charge in [-0.15, -0.1) is 20.2 Å². The van der Waals surface area contributed by atoms with Crippen molar-refractivity contribution in [1.82, 2.24) is 0 Å². The first kappa shape index (κ1) is 14.3. The molecule has 0 fully saturated rings. The largest absolute Gasteiger partial charge is 0.299 e. The first-order chi connectivity index (χ1) is 10.0. The van der Waals surface area contributed by atoms with Crippen LogP contribution in [0.2, 0.25) is 0 Å². The van der Waals surface area contributed by atoms with E-state index in [1.54, 1.807) is 0 Å². The van der Waals surface area contributed by atoms with Gasteiger partial charge in [-0.25, -0.2) is 0 Å². The molecular formula is C13H10N2O6. The fourth-order valence-electron chi connectivity index (χ4n) is 1.80. The molecule has 2 aromatic carbocycles.